The zero-order valence-electron chi connectivity index (χ0n) is 11.2. The number of nitrogens with two attached hydrogens (primary N) is 1. The van der Waals surface area contributed by atoms with Crippen molar-refractivity contribution in [1.29, 1.82) is 0 Å². The van der Waals surface area contributed by atoms with Crippen LogP contribution in [0, 0.1) is 0 Å². The van der Waals surface area contributed by atoms with Gasteiger partial charge in [0.2, 0.25) is 0 Å². The lowest BCUT2D eigenvalue weighted by Crippen LogP contribution is -2.41. The molecule has 0 radical (unpaired) electrons. The van der Waals surface area contributed by atoms with Crippen LogP contribution in [-0.2, 0) is 0 Å². The molecule has 0 saturated heterocycles. The molecular weight excluding hydrogens is 232 g/mol. The molecule has 0 bridgehead atoms. The summed E-state index contributed by atoms with van der Waals surface area (Å²) in [6.45, 7) is 6.48. The van der Waals surface area contributed by atoms with Gasteiger partial charge in [-0.1, -0.05) is 30.7 Å². The van der Waals surface area contributed by atoms with Crippen LogP contribution in [0.15, 0.2) is 24.3 Å². The Morgan fingerprint density at radius 1 is 1.35 bits per heavy atom. The van der Waals surface area contributed by atoms with Crippen molar-refractivity contribution in [2.45, 2.75) is 45.3 Å². The molecule has 2 unspecified atom stereocenters. The fourth-order valence-electron chi connectivity index (χ4n) is 2.02. The largest absolute Gasteiger partial charge is 0.326 e. The highest BCUT2D eigenvalue weighted by Crippen LogP contribution is 2.27. The van der Waals surface area contributed by atoms with Gasteiger partial charge in [-0.2, -0.15) is 0 Å². The van der Waals surface area contributed by atoms with Crippen molar-refractivity contribution < 1.29 is 0 Å². The SMILES string of the molecule is CCC(N)C(c1cccc(Cl)c1)N(C)C(C)C. The van der Waals surface area contributed by atoms with E-state index in [4.69, 9.17) is 17.3 Å². The third kappa shape index (κ3) is 3.70. The van der Waals surface area contributed by atoms with Crippen molar-refractivity contribution >= 4 is 11.6 Å². The Morgan fingerprint density at radius 2 is 2.00 bits per heavy atom. The molecule has 0 spiro atoms. The van der Waals surface area contributed by atoms with E-state index in [1.807, 2.05) is 18.2 Å². The second-order valence-corrected chi connectivity index (χ2v) is 5.27. The van der Waals surface area contributed by atoms with E-state index in [1.165, 1.54) is 5.56 Å². The molecule has 3 heteroatoms. The molecule has 0 heterocycles. The monoisotopic (exact) mass is 254 g/mol. The summed E-state index contributed by atoms with van der Waals surface area (Å²) in [6, 6.07) is 8.80. The van der Waals surface area contributed by atoms with Crippen molar-refractivity contribution in [3.63, 3.8) is 0 Å². The zero-order valence-corrected chi connectivity index (χ0v) is 11.9. The van der Waals surface area contributed by atoms with E-state index >= 15 is 0 Å². The molecule has 17 heavy (non-hydrogen) atoms. The standard InChI is InChI=1S/C14H23ClN2/c1-5-13(16)14(17(4)10(2)3)11-7-6-8-12(15)9-11/h6-10,13-14H,5,16H2,1-4H3. The van der Waals surface area contributed by atoms with Gasteiger partial charge in [-0.05, 0) is 45.0 Å². The van der Waals surface area contributed by atoms with Crippen LogP contribution >= 0.6 is 11.6 Å². The fourth-order valence-corrected chi connectivity index (χ4v) is 2.22. The highest BCUT2D eigenvalue weighted by molar-refractivity contribution is 6.30. The molecule has 1 aromatic rings. The van der Waals surface area contributed by atoms with Gasteiger partial charge in [-0.3, -0.25) is 4.90 Å². The summed E-state index contributed by atoms with van der Waals surface area (Å²) in [7, 11) is 2.12. The summed E-state index contributed by atoms with van der Waals surface area (Å²) >= 11 is 6.06. The Labute approximate surface area is 110 Å². The first-order valence-electron chi connectivity index (χ1n) is 6.20. The maximum atomic E-state index is 6.25. The molecule has 0 aliphatic carbocycles. The van der Waals surface area contributed by atoms with Gasteiger partial charge in [-0.15, -0.1) is 0 Å². The molecule has 2 N–H and O–H groups in total. The van der Waals surface area contributed by atoms with Crippen LogP contribution < -0.4 is 5.73 Å². The smallest absolute Gasteiger partial charge is 0.0499 e. The molecule has 0 fully saturated rings. The predicted molar refractivity (Wildman–Crippen MR) is 75.4 cm³/mol. The summed E-state index contributed by atoms with van der Waals surface area (Å²) in [5.74, 6) is 0. The van der Waals surface area contributed by atoms with Crippen LogP contribution in [0.2, 0.25) is 5.02 Å². The van der Waals surface area contributed by atoms with E-state index in [2.05, 4.69) is 38.8 Å². The van der Waals surface area contributed by atoms with Crippen molar-refractivity contribution in [3.05, 3.63) is 34.9 Å². The second-order valence-electron chi connectivity index (χ2n) is 4.83. The van der Waals surface area contributed by atoms with Crippen molar-refractivity contribution in [1.82, 2.24) is 4.90 Å². The molecule has 1 rings (SSSR count). The number of benzene rings is 1. The minimum atomic E-state index is 0.126. The average Bonchev–Trinajstić information content (AvgIpc) is 2.28. The fraction of sp³-hybridized carbons (Fsp3) is 0.571. The van der Waals surface area contributed by atoms with Gasteiger partial charge < -0.3 is 5.73 Å². The zero-order chi connectivity index (χ0) is 13.0. The average molecular weight is 255 g/mol. The highest BCUT2D eigenvalue weighted by atomic mass is 35.5. The van der Waals surface area contributed by atoms with Crippen LogP contribution in [0.4, 0.5) is 0 Å². The van der Waals surface area contributed by atoms with Crippen LogP contribution in [0.3, 0.4) is 0 Å². The Hall–Kier alpha value is -0.570. The first-order chi connectivity index (χ1) is 7.97. The van der Waals surface area contributed by atoms with Gasteiger partial charge in [0.05, 0.1) is 0 Å². The third-order valence-electron chi connectivity index (χ3n) is 3.32. The van der Waals surface area contributed by atoms with Crippen molar-refractivity contribution in [2.75, 3.05) is 7.05 Å². The highest BCUT2D eigenvalue weighted by Gasteiger charge is 2.24. The van der Waals surface area contributed by atoms with E-state index in [0.29, 0.717) is 6.04 Å². The van der Waals surface area contributed by atoms with Crippen LogP contribution in [-0.4, -0.2) is 24.0 Å². The summed E-state index contributed by atoms with van der Waals surface area (Å²) in [4.78, 5) is 2.31. The Kier molecular flexibility index (Phi) is 5.44. The lowest BCUT2D eigenvalue weighted by atomic mass is 9.96. The summed E-state index contributed by atoms with van der Waals surface area (Å²) < 4.78 is 0. The van der Waals surface area contributed by atoms with Crippen molar-refractivity contribution in [3.8, 4) is 0 Å². The topological polar surface area (TPSA) is 29.3 Å². The van der Waals surface area contributed by atoms with Crippen LogP contribution in [0.25, 0.3) is 0 Å². The Bertz CT molecular complexity index is 352. The molecule has 0 aliphatic rings. The number of hydrogen-bond donors (Lipinski definition) is 1. The Balaban J connectivity index is 3.06. The molecule has 1 aromatic carbocycles. The molecule has 2 nitrogen and oxygen atoms in total. The molecule has 96 valence electrons. The van der Waals surface area contributed by atoms with Gasteiger partial charge in [0.15, 0.2) is 0 Å². The molecule has 0 amide bonds. The maximum Gasteiger partial charge on any atom is 0.0499 e. The van der Waals surface area contributed by atoms with Gasteiger partial charge in [0, 0.05) is 23.1 Å². The van der Waals surface area contributed by atoms with Crippen LogP contribution in [0.1, 0.15) is 38.8 Å². The van der Waals surface area contributed by atoms with E-state index in [1.54, 1.807) is 0 Å². The predicted octanol–water partition coefficient (Wildman–Crippen LogP) is 3.46. The third-order valence-corrected chi connectivity index (χ3v) is 3.56. The van der Waals surface area contributed by atoms with E-state index in [0.717, 1.165) is 11.4 Å². The number of hydrogen-bond acceptors (Lipinski definition) is 2. The lowest BCUT2D eigenvalue weighted by molar-refractivity contribution is 0.168. The normalized spacial score (nSPS) is 15.3. The number of rotatable bonds is 5. The summed E-state index contributed by atoms with van der Waals surface area (Å²) in [5.41, 5.74) is 7.45. The maximum absolute atomic E-state index is 6.25. The first kappa shape index (κ1) is 14.5. The van der Waals surface area contributed by atoms with Gasteiger partial charge in [-0.25, -0.2) is 0 Å². The summed E-state index contributed by atoms with van der Waals surface area (Å²) in [5, 5.41) is 0.771. The molecule has 0 saturated carbocycles. The second kappa shape index (κ2) is 6.39. The summed E-state index contributed by atoms with van der Waals surface area (Å²) in [6.07, 6.45) is 0.953. The van der Waals surface area contributed by atoms with Crippen molar-refractivity contribution in [2.24, 2.45) is 5.73 Å². The van der Waals surface area contributed by atoms with Gasteiger partial charge in [0.1, 0.15) is 0 Å². The number of nitrogens with zero attached hydrogens (tertiary/aromatic N) is 1. The minimum absolute atomic E-state index is 0.126. The van der Waals surface area contributed by atoms with E-state index in [-0.39, 0.29) is 12.1 Å². The van der Waals surface area contributed by atoms with Crippen LogP contribution in [0.5, 0.6) is 0 Å². The minimum Gasteiger partial charge on any atom is -0.326 e. The van der Waals surface area contributed by atoms with Gasteiger partial charge in [0.25, 0.3) is 0 Å². The number of likely N-dealkylation sites (N-methyl/N-ethyl adjacent to an activating group) is 1. The van der Waals surface area contributed by atoms with E-state index < -0.39 is 0 Å². The quantitative estimate of drug-likeness (QED) is 0.872. The molecular formula is C14H23ClN2. The lowest BCUT2D eigenvalue weighted by Gasteiger charge is -2.35. The van der Waals surface area contributed by atoms with Gasteiger partial charge >= 0.3 is 0 Å². The first-order valence-corrected chi connectivity index (χ1v) is 6.58. The number of halogens is 1. The molecule has 0 aromatic heterocycles. The van der Waals surface area contributed by atoms with E-state index in [9.17, 15) is 0 Å². The molecule has 2 atom stereocenters. The Morgan fingerprint density at radius 3 is 2.47 bits per heavy atom. The molecule has 0 aliphatic heterocycles.